The van der Waals surface area contributed by atoms with Gasteiger partial charge in [0.25, 0.3) is 0 Å². The maximum atomic E-state index is 8.38. The molecule has 0 atom stereocenters. The van der Waals surface area contributed by atoms with Gasteiger partial charge >= 0.3 is 7.32 Å². The van der Waals surface area contributed by atoms with Gasteiger partial charge in [0.2, 0.25) is 0 Å². The standard InChI is InChI=1S/C7H6N2.BH3O3/c1-6-4-7(5-8)2-3-9-6;2-1(3)4/h2-4H,1H3;2-4H. The van der Waals surface area contributed by atoms with E-state index in [0.29, 0.717) is 5.56 Å². The minimum atomic E-state index is -2.17. The smallest absolute Gasteiger partial charge is 0.402 e. The van der Waals surface area contributed by atoms with Gasteiger partial charge in [-0.2, -0.15) is 5.26 Å². The van der Waals surface area contributed by atoms with E-state index in [2.05, 4.69) is 4.98 Å². The zero-order valence-corrected chi connectivity index (χ0v) is 7.05. The fourth-order valence-corrected chi connectivity index (χ4v) is 0.615. The lowest BCUT2D eigenvalue weighted by molar-refractivity contribution is 0.278. The summed E-state index contributed by atoms with van der Waals surface area (Å²) in [6.07, 6.45) is 1.63. The minimum Gasteiger partial charge on any atom is -0.402 e. The van der Waals surface area contributed by atoms with Crippen LogP contribution in [0.3, 0.4) is 0 Å². The van der Waals surface area contributed by atoms with E-state index in [-0.39, 0.29) is 0 Å². The lowest BCUT2D eigenvalue weighted by Crippen LogP contribution is -2.07. The Hall–Kier alpha value is -1.42. The number of aryl methyl sites for hydroxylation is 1. The molecule has 0 aliphatic carbocycles. The molecule has 0 spiro atoms. The van der Waals surface area contributed by atoms with E-state index in [9.17, 15) is 0 Å². The molecular weight excluding hydrogens is 171 g/mol. The predicted molar refractivity (Wildman–Crippen MR) is 46.1 cm³/mol. The number of nitrogens with zero attached hydrogens (tertiary/aromatic N) is 2. The summed E-state index contributed by atoms with van der Waals surface area (Å²) in [5.41, 5.74) is 1.55. The predicted octanol–water partition coefficient (Wildman–Crippen LogP) is -0.790. The molecule has 0 unspecified atom stereocenters. The molecule has 0 saturated carbocycles. The summed E-state index contributed by atoms with van der Waals surface area (Å²) in [6, 6.07) is 5.47. The van der Waals surface area contributed by atoms with Crippen LogP contribution >= 0.6 is 0 Å². The van der Waals surface area contributed by atoms with Crippen LogP contribution in [0.25, 0.3) is 0 Å². The Bertz CT molecular complexity index is 295. The quantitative estimate of drug-likeness (QED) is 0.454. The Morgan fingerprint density at radius 3 is 2.31 bits per heavy atom. The molecule has 0 aromatic carbocycles. The molecule has 5 nitrogen and oxygen atoms in total. The lowest BCUT2D eigenvalue weighted by Gasteiger charge is -1.87. The largest absolute Gasteiger partial charge is 0.631 e. The van der Waals surface area contributed by atoms with Crippen LogP contribution in [-0.4, -0.2) is 27.4 Å². The van der Waals surface area contributed by atoms with E-state index in [0.717, 1.165) is 5.69 Å². The molecule has 13 heavy (non-hydrogen) atoms. The van der Waals surface area contributed by atoms with Crippen molar-refractivity contribution < 1.29 is 15.1 Å². The fraction of sp³-hybridized carbons (Fsp3) is 0.143. The van der Waals surface area contributed by atoms with E-state index in [4.69, 9.17) is 20.3 Å². The van der Waals surface area contributed by atoms with Gasteiger partial charge in [-0.25, -0.2) is 0 Å². The first kappa shape index (κ1) is 11.6. The number of hydrogen-bond acceptors (Lipinski definition) is 5. The van der Waals surface area contributed by atoms with E-state index in [1.807, 2.05) is 13.0 Å². The Kier molecular flexibility index (Phi) is 5.47. The van der Waals surface area contributed by atoms with E-state index >= 15 is 0 Å². The van der Waals surface area contributed by atoms with Crippen LogP contribution in [0.5, 0.6) is 0 Å². The third-order valence-corrected chi connectivity index (χ3v) is 1.03. The topological polar surface area (TPSA) is 97.4 Å². The van der Waals surface area contributed by atoms with Crippen molar-refractivity contribution in [3.63, 3.8) is 0 Å². The highest BCUT2D eigenvalue weighted by Crippen LogP contribution is 1.96. The zero-order chi connectivity index (χ0) is 10.3. The first-order chi connectivity index (χ1) is 6.06. The van der Waals surface area contributed by atoms with Crippen LogP contribution in [0.15, 0.2) is 18.3 Å². The molecule has 1 rings (SSSR count). The summed E-state index contributed by atoms with van der Waals surface area (Å²) >= 11 is 0. The summed E-state index contributed by atoms with van der Waals surface area (Å²) < 4.78 is 0. The molecule has 6 heteroatoms. The molecule has 0 amide bonds. The summed E-state index contributed by atoms with van der Waals surface area (Å²) in [5, 5.41) is 29.9. The second-order valence-electron chi connectivity index (χ2n) is 2.14. The maximum absolute atomic E-state index is 8.38. The third kappa shape index (κ3) is 6.96. The highest BCUT2D eigenvalue weighted by Gasteiger charge is 1.92. The van der Waals surface area contributed by atoms with Crippen LogP contribution in [0.1, 0.15) is 11.3 Å². The monoisotopic (exact) mass is 180 g/mol. The van der Waals surface area contributed by atoms with Crippen molar-refractivity contribution in [3.05, 3.63) is 29.6 Å². The van der Waals surface area contributed by atoms with Crippen molar-refractivity contribution in [2.45, 2.75) is 6.92 Å². The van der Waals surface area contributed by atoms with Gasteiger partial charge in [-0.1, -0.05) is 0 Å². The van der Waals surface area contributed by atoms with Crippen LogP contribution in [0.2, 0.25) is 0 Å². The first-order valence-corrected chi connectivity index (χ1v) is 3.43. The molecular formula is C7H9BN2O3. The van der Waals surface area contributed by atoms with Crippen LogP contribution in [0.4, 0.5) is 0 Å². The van der Waals surface area contributed by atoms with E-state index in [1.165, 1.54) is 0 Å². The van der Waals surface area contributed by atoms with Crippen LogP contribution in [0, 0.1) is 18.3 Å². The molecule has 0 saturated heterocycles. The Morgan fingerprint density at radius 1 is 1.46 bits per heavy atom. The second kappa shape index (κ2) is 6.14. The molecule has 0 radical (unpaired) electrons. The third-order valence-electron chi connectivity index (χ3n) is 1.03. The lowest BCUT2D eigenvalue weighted by atomic mass is 10.2. The molecule has 0 aliphatic rings. The number of rotatable bonds is 0. The highest BCUT2D eigenvalue weighted by atomic mass is 16.5. The first-order valence-electron chi connectivity index (χ1n) is 3.43. The van der Waals surface area contributed by atoms with Crippen LogP contribution < -0.4 is 0 Å². The average Bonchev–Trinajstić information content (AvgIpc) is 2.03. The zero-order valence-electron chi connectivity index (χ0n) is 7.05. The summed E-state index contributed by atoms with van der Waals surface area (Å²) in [6.45, 7) is 1.86. The van der Waals surface area contributed by atoms with Crippen molar-refractivity contribution in [3.8, 4) is 6.07 Å². The second-order valence-corrected chi connectivity index (χ2v) is 2.14. The van der Waals surface area contributed by atoms with Crippen molar-refractivity contribution in [1.29, 1.82) is 5.26 Å². The van der Waals surface area contributed by atoms with Crippen molar-refractivity contribution in [2.24, 2.45) is 0 Å². The summed E-state index contributed by atoms with van der Waals surface area (Å²) in [7, 11) is -2.17. The maximum Gasteiger partial charge on any atom is 0.631 e. The van der Waals surface area contributed by atoms with Crippen molar-refractivity contribution in [2.75, 3.05) is 0 Å². The van der Waals surface area contributed by atoms with E-state index in [1.54, 1.807) is 18.3 Å². The van der Waals surface area contributed by atoms with Gasteiger partial charge in [0.15, 0.2) is 0 Å². The van der Waals surface area contributed by atoms with Crippen molar-refractivity contribution in [1.82, 2.24) is 4.98 Å². The normalized spacial score (nSPS) is 7.92. The number of aromatic nitrogens is 1. The van der Waals surface area contributed by atoms with Gasteiger partial charge in [-0.05, 0) is 19.1 Å². The van der Waals surface area contributed by atoms with Gasteiger partial charge in [0.05, 0.1) is 11.6 Å². The molecule has 1 aromatic rings. The SMILES string of the molecule is Cc1cc(C#N)ccn1.OB(O)O. The number of nitriles is 1. The van der Waals surface area contributed by atoms with Gasteiger partial charge in [0.1, 0.15) is 0 Å². The highest BCUT2D eigenvalue weighted by molar-refractivity contribution is 6.30. The van der Waals surface area contributed by atoms with Gasteiger partial charge < -0.3 is 15.1 Å². The molecule has 3 N–H and O–H groups in total. The molecule has 1 aromatic heterocycles. The summed E-state index contributed by atoms with van der Waals surface area (Å²) in [5.74, 6) is 0. The minimum absolute atomic E-state index is 0.669. The Balaban J connectivity index is 0.000000310. The summed E-state index contributed by atoms with van der Waals surface area (Å²) in [4.78, 5) is 3.94. The Morgan fingerprint density at radius 2 is 2.00 bits per heavy atom. The van der Waals surface area contributed by atoms with E-state index < -0.39 is 7.32 Å². The average molecular weight is 180 g/mol. The molecule has 0 fully saturated rings. The Labute approximate surface area is 76.1 Å². The van der Waals surface area contributed by atoms with Gasteiger partial charge in [-0.3, -0.25) is 4.98 Å². The molecule has 68 valence electrons. The van der Waals surface area contributed by atoms with Crippen LogP contribution in [-0.2, 0) is 0 Å². The number of pyridine rings is 1. The fourth-order valence-electron chi connectivity index (χ4n) is 0.615. The van der Waals surface area contributed by atoms with Gasteiger partial charge in [-0.15, -0.1) is 0 Å². The van der Waals surface area contributed by atoms with Crippen molar-refractivity contribution >= 4 is 7.32 Å². The molecule has 0 aliphatic heterocycles. The number of hydrogen-bond donors (Lipinski definition) is 3. The van der Waals surface area contributed by atoms with Gasteiger partial charge in [0, 0.05) is 11.9 Å². The molecule has 1 heterocycles. The molecule has 0 bridgehead atoms.